The summed E-state index contributed by atoms with van der Waals surface area (Å²) < 4.78 is 0. The zero-order valence-corrected chi connectivity index (χ0v) is 19.7. The van der Waals surface area contributed by atoms with Crippen LogP contribution in [0.4, 0.5) is 0 Å². The van der Waals surface area contributed by atoms with Gasteiger partial charge in [-0.3, -0.25) is 0 Å². The molecule has 1 heteroatoms. The predicted octanol–water partition coefficient (Wildman–Crippen LogP) is 7.73. The first-order chi connectivity index (χ1) is 17.3. The second kappa shape index (κ2) is 6.27. The highest BCUT2D eigenvalue weighted by atomic mass is 14.8. The average Bonchev–Trinajstić information content (AvgIpc) is 2.98. The summed E-state index contributed by atoms with van der Waals surface area (Å²) in [5, 5.41) is 4.82. The fraction of sp³-hybridized carbons (Fsp3) is 0.235. The molecule has 0 bridgehead atoms. The van der Waals surface area contributed by atoms with Crippen molar-refractivity contribution in [1.29, 1.82) is 0 Å². The molecule has 5 atom stereocenters. The number of fused-ring (bicyclic) bond motifs is 7. The summed E-state index contributed by atoms with van der Waals surface area (Å²) in [6.45, 7) is 0. The van der Waals surface area contributed by atoms with Gasteiger partial charge >= 0.3 is 0 Å². The smallest absolute Gasteiger partial charge is 0.0812 e. The van der Waals surface area contributed by atoms with Crippen molar-refractivity contribution >= 4 is 34.9 Å². The van der Waals surface area contributed by atoms with E-state index in [1.807, 2.05) is 0 Å². The van der Waals surface area contributed by atoms with Crippen molar-refractivity contribution in [2.75, 3.05) is 0 Å². The lowest BCUT2D eigenvalue weighted by Gasteiger charge is -2.78. The van der Waals surface area contributed by atoms with Gasteiger partial charge in [-0.2, -0.15) is 0 Å². The Balaban J connectivity index is 1.35. The number of hydrogen-bond acceptors (Lipinski definition) is 0. The van der Waals surface area contributed by atoms with Gasteiger partial charge in [0, 0.05) is 0 Å². The molecule has 4 aliphatic rings. The molecule has 1 spiro atoms. The molecule has 3 fully saturated rings. The van der Waals surface area contributed by atoms with E-state index in [4.69, 9.17) is 7.85 Å². The summed E-state index contributed by atoms with van der Waals surface area (Å²) in [5.41, 5.74) is 10.3. The molecule has 35 heavy (non-hydrogen) atoms. The van der Waals surface area contributed by atoms with Crippen molar-refractivity contribution in [3.05, 3.63) is 102 Å². The van der Waals surface area contributed by atoms with E-state index in [-0.39, 0.29) is 0 Å². The number of hydrogen-bond donors (Lipinski definition) is 0. The minimum atomic E-state index is 0.547. The lowest BCUT2D eigenvalue weighted by molar-refractivity contribution is -0.252. The SMILES string of the molecule is [B]c1c2ccccc2c(-c2ccc3c(c2)C2CC4CC5CC(c6ccccc6-3)C542)c2ccccc12. The van der Waals surface area contributed by atoms with Crippen molar-refractivity contribution in [1.82, 2.24) is 0 Å². The van der Waals surface area contributed by atoms with Gasteiger partial charge in [-0.25, -0.2) is 0 Å². The van der Waals surface area contributed by atoms with Crippen LogP contribution in [0.15, 0.2) is 91.0 Å². The van der Waals surface area contributed by atoms with Crippen LogP contribution < -0.4 is 5.46 Å². The van der Waals surface area contributed by atoms with E-state index < -0.39 is 0 Å². The average molecular weight is 444 g/mol. The largest absolute Gasteiger partial charge is 0.115 e. The zero-order chi connectivity index (χ0) is 22.9. The summed E-state index contributed by atoms with van der Waals surface area (Å²) in [4.78, 5) is 0. The van der Waals surface area contributed by atoms with Crippen LogP contribution in [-0.2, 0) is 0 Å². The van der Waals surface area contributed by atoms with E-state index in [0.717, 1.165) is 34.0 Å². The Kier molecular flexibility index (Phi) is 3.39. The third-order valence-corrected chi connectivity index (χ3v) is 10.5. The van der Waals surface area contributed by atoms with Gasteiger partial charge in [0.15, 0.2) is 0 Å². The summed E-state index contributed by atoms with van der Waals surface area (Å²) in [6.07, 6.45) is 4.25. The van der Waals surface area contributed by atoms with E-state index in [1.54, 1.807) is 11.1 Å². The second-order valence-corrected chi connectivity index (χ2v) is 11.5. The Morgan fingerprint density at radius 3 is 1.83 bits per heavy atom. The van der Waals surface area contributed by atoms with Crippen LogP contribution in [0, 0.1) is 17.3 Å². The second-order valence-electron chi connectivity index (χ2n) is 11.5. The van der Waals surface area contributed by atoms with E-state index >= 15 is 0 Å². The van der Waals surface area contributed by atoms with Gasteiger partial charge in [-0.1, -0.05) is 96.5 Å². The molecule has 0 aromatic heterocycles. The summed E-state index contributed by atoms with van der Waals surface area (Å²) in [5.74, 6) is 3.35. The Morgan fingerprint density at radius 2 is 1.14 bits per heavy atom. The van der Waals surface area contributed by atoms with E-state index in [1.165, 1.54) is 52.3 Å². The zero-order valence-electron chi connectivity index (χ0n) is 19.7. The van der Waals surface area contributed by atoms with Gasteiger partial charge in [0.2, 0.25) is 0 Å². The van der Waals surface area contributed by atoms with Crippen LogP contribution in [0.3, 0.4) is 0 Å². The normalized spacial score (nSPS) is 29.0. The number of benzene rings is 5. The minimum Gasteiger partial charge on any atom is -0.0812 e. The van der Waals surface area contributed by atoms with Crippen LogP contribution in [0.2, 0.25) is 0 Å². The van der Waals surface area contributed by atoms with Crippen molar-refractivity contribution < 1.29 is 0 Å². The Bertz CT molecular complexity index is 1670. The standard InChI is InChI=1S/C34H25B/c35-33-27-11-5-3-9-25(27)32(26-10-4-6-12-28(26)33)19-13-14-23-22-7-1-2-8-24(22)30-17-20-16-21-18-31(29(23)15-19)34(20,21)30/h1-15,20-21,30-31H,16-18H2. The van der Waals surface area contributed by atoms with Gasteiger partial charge in [-0.15, -0.1) is 0 Å². The van der Waals surface area contributed by atoms with Gasteiger partial charge < -0.3 is 0 Å². The highest BCUT2D eigenvalue weighted by molar-refractivity contribution is 6.46. The molecule has 5 aromatic rings. The van der Waals surface area contributed by atoms with E-state index in [0.29, 0.717) is 11.3 Å². The van der Waals surface area contributed by atoms with Crippen LogP contribution >= 0.6 is 0 Å². The summed E-state index contributed by atoms with van der Waals surface area (Å²) in [7, 11) is 6.70. The molecule has 164 valence electrons. The maximum atomic E-state index is 6.70. The monoisotopic (exact) mass is 444 g/mol. The quantitative estimate of drug-likeness (QED) is 0.183. The third kappa shape index (κ3) is 2.06. The van der Waals surface area contributed by atoms with Crippen molar-refractivity contribution in [2.45, 2.75) is 31.1 Å². The molecule has 0 heterocycles. The molecule has 0 aliphatic heterocycles. The first-order valence-electron chi connectivity index (χ1n) is 13.2. The van der Waals surface area contributed by atoms with Crippen molar-refractivity contribution in [2.24, 2.45) is 17.3 Å². The summed E-state index contributed by atoms with van der Waals surface area (Å²) >= 11 is 0. The highest BCUT2D eigenvalue weighted by Crippen LogP contribution is 2.85. The third-order valence-electron chi connectivity index (χ3n) is 10.5. The maximum Gasteiger partial charge on any atom is 0.115 e. The molecular weight excluding hydrogens is 419 g/mol. The predicted molar refractivity (Wildman–Crippen MR) is 146 cm³/mol. The first kappa shape index (κ1) is 18.9. The maximum absolute atomic E-state index is 6.70. The molecular formula is C34H25B. The molecule has 0 amide bonds. The molecule has 0 N–H and O–H groups in total. The molecule has 3 saturated carbocycles. The van der Waals surface area contributed by atoms with Crippen molar-refractivity contribution in [3.63, 3.8) is 0 Å². The Hall–Kier alpha value is -3.32. The topological polar surface area (TPSA) is 0 Å². The fourth-order valence-electron chi connectivity index (χ4n) is 9.13. The van der Waals surface area contributed by atoms with Crippen molar-refractivity contribution in [3.8, 4) is 22.3 Å². The molecule has 0 saturated heterocycles. The fourth-order valence-corrected chi connectivity index (χ4v) is 9.13. The van der Waals surface area contributed by atoms with Gasteiger partial charge in [-0.05, 0) is 103 Å². The lowest BCUT2D eigenvalue weighted by Crippen LogP contribution is -2.70. The molecule has 5 aromatic carbocycles. The molecule has 2 radical (unpaired) electrons. The van der Waals surface area contributed by atoms with Gasteiger partial charge in [0.25, 0.3) is 0 Å². The van der Waals surface area contributed by atoms with Crippen LogP contribution in [-0.4, -0.2) is 7.85 Å². The van der Waals surface area contributed by atoms with Crippen LogP contribution in [0.1, 0.15) is 42.2 Å². The first-order valence-corrected chi connectivity index (χ1v) is 13.2. The summed E-state index contributed by atoms with van der Waals surface area (Å²) in [6, 6.07) is 34.0. The molecule has 0 nitrogen and oxygen atoms in total. The Morgan fingerprint density at radius 1 is 0.571 bits per heavy atom. The van der Waals surface area contributed by atoms with E-state index in [2.05, 4.69) is 91.0 Å². The van der Waals surface area contributed by atoms with Gasteiger partial charge in [0.05, 0.1) is 0 Å². The van der Waals surface area contributed by atoms with Crippen LogP contribution in [0.25, 0.3) is 43.8 Å². The molecule has 9 rings (SSSR count). The Labute approximate surface area is 207 Å². The van der Waals surface area contributed by atoms with E-state index in [9.17, 15) is 0 Å². The van der Waals surface area contributed by atoms with Crippen LogP contribution in [0.5, 0.6) is 0 Å². The molecule has 5 unspecified atom stereocenters. The number of rotatable bonds is 1. The van der Waals surface area contributed by atoms with Gasteiger partial charge in [0.1, 0.15) is 7.85 Å². The molecule has 4 aliphatic carbocycles. The minimum absolute atomic E-state index is 0.547. The highest BCUT2D eigenvalue weighted by Gasteiger charge is 2.76. The lowest BCUT2D eigenvalue weighted by atomic mass is 9.25.